The molecule has 0 saturated carbocycles. The molecule has 1 aromatic heterocycles. The van der Waals surface area contributed by atoms with Gasteiger partial charge in [0, 0.05) is 37.6 Å². The maximum absolute atomic E-state index is 13.1. The van der Waals surface area contributed by atoms with Gasteiger partial charge in [-0.2, -0.15) is 5.10 Å². The molecule has 2 rings (SSSR count). The number of hydrogen-bond acceptors (Lipinski definition) is 3. The number of nitrogens with zero attached hydrogens (tertiary/aromatic N) is 2. The molecule has 2 atom stereocenters. The van der Waals surface area contributed by atoms with Gasteiger partial charge in [0.2, 0.25) is 0 Å². The zero-order valence-electron chi connectivity index (χ0n) is 7.99. The van der Waals surface area contributed by atoms with E-state index >= 15 is 0 Å². The van der Waals surface area contributed by atoms with Crippen LogP contribution < -0.4 is 5.73 Å². The van der Waals surface area contributed by atoms with Crippen molar-refractivity contribution in [2.24, 2.45) is 5.73 Å². The Morgan fingerprint density at radius 2 is 2.57 bits per heavy atom. The van der Waals surface area contributed by atoms with Crippen LogP contribution in [0.5, 0.6) is 0 Å². The van der Waals surface area contributed by atoms with E-state index in [1.807, 2.05) is 6.07 Å². The first-order valence-corrected chi connectivity index (χ1v) is 4.86. The van der Waals surface area contributed by atoms with Crippen LogP contribution >= 0.6 is 0 Å². The zero-order chi connectivity index (χ0) is 9.97. The smallest absolute Gasteiger partial charge is 0.114 e. The molecule has 3 N–H and O–H groups in total. The van der Waals surface area contributed by atoms with Crippen LogP contribution in [-0.4, -0.2) is 40.4 Å². The fourth-order valence-corrected chi connectivity index (χ4v) is 1.95. The molecule has 1 aromatic rings. The lowest BCUT2D eigenvalue weighted by molar-refractivity contribution is 0.236. The third-order valence-electron chi connectivity index (χ3n) is 2.68. The van der Waals surface area contributed by atoms with Crippen LogP contribution in [0.15, 0.2) is 12.3 Å². The number of aromatic amines is 1. The lowest BCUT2D eigenvalue weighted by Crippen LogP contribution is -2.35. The van der Waals surface area contributed by atoms with Gasteiger partial charge < -0.3 is 5.73 Å². The Morgan fingerprint density at radius 1 is 1.71 bits per heavy atom. The monoisotopic (exact) mass is 198 g/mol. The molecular formula is C9H15FN4. The second-order valence-corrected chi connectivity index (χ2v) is 3.73. The summed E-state index contributed by atoms with van der Waals surface area (Å²) in [4.78, 5) is 2.07. The van der Waals surface area contributed by atoms with Crippen LogP contribution in [0.25, 0.3) is 0 Å². The highest BCUT2D eigenvalue weighted by Gasteiger charge is 2.30. The Labute approximate surface area is 82.3 Å². The van der Waals surface area contributed by atoms with Gasteiger partial charge in [0.25, 0.3) is 0 Å². The number of nitrogens with one attached hydrogen (secondary N) is 1. The van der Waals surface area contributed by atoms with E-state index in [0.717, 1.165) is 5.69 Å². The molecule has 1 aliphatic heterocycles. The summed E-state index contributed by atoms with van der Waals surface area (Å²) in [7, 11) is 0. The normalized spacial score (nSPS) is 28.4. The SMILES string of the molecule is NC[C@@H]1C[C@@H](F)CN1Cc1ccn[nH]1. The summed E-state index contributed by atoms with van der Waals surface area (Å²) >= 11 is 0. The average molecular weight is 198 g/mol. The van der Waals surface area contributed by atoms with Crippen molar-refractivity contribution in [3.8, 4) is 0 Å². The number of rotatable bonds is 3. The second-order valence-electron chi connectivity index (χ2n) is 3.73. The van der Waals surface area contributed by atoms with Gasteiger partial charge in [-0.3, -0.25) is 10.00 Å². The van der Waals surface area contributed by atoms with Crippen molar-refractivity contribution in [1.29, 1.82) is 0 Å². The van der Waals surface area contributed by atoms with Crippen LogP contribution in [0.4, 0.5) is 4.39 Å². The molecule has 14 heavy (non-hydrogen) atoms. The van der Waals surface area contributed by atoms with E-state index in [0.29, 0.717) is 26.1 Å². The molecule has 5 heteroatoms. The molecule has 1 fully saturated rings. The Hall–Kier alpha value is -0.940. The van der Waals surface area contributed by atoms with Crippen molar-refractivity contribution < 1.29 is 4.39 Å². The molecule has 78 valence electrons. The van der Waals surface area contributed by atoms with E-state index in [-0.39, 0.29) is 6.04 Å². The molecule has 0 radical (unpaired) electrons. The van der Waals surface area contributed by atoms with E-state index in [2.05, 4.69) is 15.1 Å². The summed E-state index contributed by atoms with van der Waals surface area (Å²) in [5, 5.41) is 6.73. The van der Waals surface area contributed by atoms with Gasteiger partial charge in [0.15, 0.2) is 0 Å². The highest BCUT2D eigenvalue weighted by molar-refractivity contribution is 4.99. The molecule has 0 amide bonds. The summed E-state index contributed by atoms with van der Waals surface area (Å²) in [5.74, 6) is 0. The minimum atomic E-state index is -0.730. The first kappa shape index (κ1) is 9.61. The van der Waals surface area contributed by atoms with Crippen molar-refractivity contribution >= 4 is 0 Å². The van der Waals surface area contributed by atoms with Gasteiger partial charge in [-0.05, 0) is 12.5 Å². The molecular weight excluding hydrogens is 183 g/mol. The molecule has 0 unspecified atom stereocenters. The summed E-state index contributed by atoms with van der Waals surface area (Å²) in [6.45, 7) is 1.72. The molecule has 0 aliphatic carbocycles. The number of nitrogens with two attached hydrogens (primary N) is 1. The van der Waals surface area contributed by atoms with Crippen molar-refractivity contribution in [2.45, 2.75) is 25.2 Å². The Morgan fingerprint density at radius 3 is 3.21 bits per heavy atom. The highest BCUT2D eigenvalue weighted by Crippen LogP contribution is 2.21. The fourth-order valence-electron chi connectivity index (χ4n) is 1.95. The van der Waals surface area contributed by atoms with E-state index in [1.165, 1.54) is 0 Å². The summed E-state index contributed by atoms with van der Waals surface area (Å²) < 4.78 is 13.1. The first-order chi connectivity index (χ1) is 6.79. The minimum absolute atomic E-state index is 0.174. The Bertz CT molecular complexity index is 274. The van der Waals surface area contributed by atoms with Crippen LogP contribution in [0.2, 0.25) is 0 Å². The second kappa shape index (κ2) is 4.06. The highest BCUT2D eigenvalue weighted by atomic mass is 19.1. The minimum Gasteiger partial charge on any atom is -0.329 e. The maximum Gasteiger partial charge on any atom is 0.114 e. The third-order valence-corrected chi connectivity index (χ3v) is 2.68. The van der Waals surface area contributed by atoms with E-state index < -0.39 is 6.17 Å². The number of aromatic nitrogens is 2. The fraction of sp³-hybridized carbons (Fsp3) is 0.667. The van der Waals surface area contributed by atoms with Crippen molar-refractivity contribution in [3.05, 3.63) is 18.0 Å². The third kappa shape index (κ3) is 1.93. The standard InChI is InChI=1S/C9H15FN4/c10-7-3-9(4-11)14(5-7)6-8-1-2-12-13-8/h1-2,7,9H,3-6,11H2,(H,12,13)/t7-,9+/m1/s1. The quantitative estimate of drug-likeness (QED) is 0.733. The average Bonchev–Trinajstić information content (AvgIpc) is 2.76. The topological polar surface area (TPSA) is 57.9 Å². The lowest BCUT2D eigenvalue weighted by atomic mass is 10.2. The van der Waals surface area contributed by atoms with E-state index in [9.17, 15) is 4.39 Å². The molecule has 0 aromatic carbocycles. The summed E-state index contributed by atoms with van der Waals surface area (Å²) in [6, 6.07) is 2.08. The van der Waals surface area contributed by atoms with Crippen LogP contribution in [0.3, 0.4) is 0 Å². The number of halogens is 1. The number of alkyl halides is 1. The molecule has 1 aliphatic rings. The molecule has 4 nitrogen and oxygen atoms in total. The molecule has 0 bridgehead atoms. The predicted molar refractivity (Wildman–Crippen MR) is 51.4 cm³/mol. The zero-order valence-corrected chi connectivity index (χ0v) is 7.99. The molecule has 0 spiro atoms. The van der Waals surface area contributed by atoms with Crippen LogP contribution in [0, 0.1) is 0 Å². The maximum atomic E-state index is 13.1. The molecule has 1 saturated heterocycles. The van der Waals surface area contributed by atoms with Crippen molar-refractivity contribution in [2.75, 3.05) is 13.1 Å². The van der Waals surface area contributed by atoms with E-state index in [4.69, 9.17) is 5.73 Å². The summed E-state index contributed by atoms with van der Waals surface area (Å²) in [5.41, 5.74) is 6.59. The number of H-pyrrole nitrogens is 1. The van der Waals surface area contributed by atoms with E-state index in [1.54, 1.807) is 6.20 Å². The molecule has 2 heterocycles. The van der Waals surface area contributed by atoms with Gasteiger partial charge >= 0.3 is 0 Å². The van der Waals surface area contributed by atoms with Gasteiger partial charge in [-0.25, -0.2) is 4.39 Å². The van der Waals surface area contributed by atoms with Gasteiger partial charge in [-0.15, -0.1) is 0 Å². The van der Waals surface area contributed by atoms with Crippen LogP contribution in [0.1, 0.15) is 12.1 Å². The van der Waals surface area contributed by atoms with Crippen molar-refractivity contribution in [1.82, 2.24) is 15.1 Å². The first-order valence-electron chi connectivity index (χ1n) is 4.86. The Kier molecular flexibility index (Phi) is 2.79. The Balaban J connectivity index is 1.97. The van der Waals surface area contributed by atoms with Gasteiger partial charge in [0.1, 0.15) is 6.17 Å². The largest absolute Gasteiger partial charge is 0.329 e. The number of likely N-dealkylation sites (tertiary alicyclic amines) is 1. The number of hydrogen-bond donors (Lipinski definition) is 2. The predicted octanol–water partition coefficient (Wildman–Crippen LogP) is 0.281. The van der Waals surface area contributed by atoms with Gasteiger partial charge in [0.05, 0.1) is 0 Å². The lowest BCUT2D eigenvalue weighted by Gasteiger charge is -2.21. The van der Waals surface area contributed by atoms with Crippen molar-refractivity contribution in [3.63, 3.8) is 0 Å². The van der Waals surface area contributed by atoms with Gasteiger partial charge in [-0.1, -0.05) is 0 Å². The van der Waals surface area contributed by atoms with Crippen LogP contribution in [-0.2, 0) is 6.54 Å². The summed E-state index contributed by atoms with van der Waals surface area (Å²) in [6.07, 6.45) is 1.53.